The van der Waals surface area contributed by atoms with Gasteiger partial charge >= 0.3 is 0 Å². The van der Waals surface area contributed by atoms with Crippen LogP contribution in [0.4, 0.5) is 10.9 Å². The minimum atomic E-state index is -0.133. The molecule has 33 heavy (non-hydrogen) atoms. The van der Waals surface area contributed by atoms with Crippen LogP contribution in [-0.2, 0) is 6.61 Å². The van der Waals surface area contributed by atoms with Crippen LogP contribution in [-0.4, -0.2) is 32.0 Å². The number of aromatic nitrogens is 3. The molecule has 5 rings (SSSR count). The van der Waals surface area contributed by atoms with Crippen molar-refractivity contribution in [1.29, 1.82) is 0 Å². The number of allylic oxidation sites excluding steroid dienone is 3. The molecule has 0 spiro atoms. The highest BCUT2D eigenvalue weighted by molar-refractivity contribution is 8.01. The van der Waals surface area contributed by atoms with Gasteiger partial charge in [0.15, 0.2) is 5.13 Å². The van der Waals surface area contributed by atoms with Crippen LogP contribution in [0.2, 0.25) is 0 Å². The number of pyridine rings is 2. The molecule has 0 aliphatic heterocycles. The smallest absolute Gasteiger partial charge is 0.270 e. The van der Waals surface area contributed by atoms with Gasteiger partial charge in [0.1, 0.15) is 11.5 Å². The Bertz CT molecular complexity index is 1220. The number of hydrogen-bond acceptors (Lipinski definition) is 8. The molecule has 2 unspecified atom stereocenters. The van der Waals surface area contributed by atoms with Crippen molar-refractivity contribution < 1.29 is 9.90 Å². The van der Waals surface area contributed by atoms with Gasteiger partial charge in [-0.05, 0) is 54.7 Å². The Morgan fingerprint density at radius 1 is 1.18 bits per heavy atom. The van der Waals surface area contributed by atoms with E-state index < -0.39 is 0 Å². The molecule has 3 N–H and O–H groups in total. The maximum absolute atomic E-state index is 12.7. The summed E-state index contributed by atoms with van der Waals surface area (Å²) < 4.78 is 0.978. The lowest BCUT2D eigenvalue weighted by atomic mass is 10.0. The average Bonchev–Trinajstić information content (AvgIpc) is 3.49. The number of thiazole rings is 1. The van der Waals surface area contributed by atoms with E-state index in [4.69, 9.17) is 0 Å². The highest BCUT2D eigenvalue weighted by atomic mass is 32.2. The molecule has 3 aromatic rings. The molecule has 168 valence electrons. The minimum Gasteiger partial charge on any atom is -0.392 e. The molecule has 2 atom stereocenters. The Morgan fingerprint density at radius 2 is 2.09 bits per heavy atom. The van der Waals surface area contributed by atoms with Gasteiger partial charge in [-0.3, -0.25) is 9.78 Å². The Hall–Kier alpha value is -3.01. The van der Waals surface area contributed by atoms with Gasteiger partial charge in [0.2, 0.25) is 0 Å². The average molecular weight is 478 g/mol. The monoisotopic (exact) mass is 477 g/mol. The number of aliphatic hydroxyl groups is 1. The van der Waals surface area contributed by atoms with E-state index in [1.807, 2.05) is 12.1 Å². The number of rotatable bonds is 8. The van der Waals surface area contributed by atoms with E-state index in [0.717, 1.165) is 33.9 Å². The third kappa shape index (κ3) is 5.50. The second-order valence-electron chi connectivity index (χ2n) is 7.90. The van der Waals surface area contributed by atoms with Crippen LogP contribution in [0.1, 0.15) is 35.3 Å². The second kappa shape index (κ2) is 9.86. The van der Waals surface area contributed by atoms with Gasteiger partial charge in [-0.25, -0.2) is 9.97 Å². The number of amides is 1. The predicted molar refractivity (Wildman–Crippen MR) is 130 cm³/mol. The minimum absolute atomic E-state index is 0.0373. The molecule has 3 aromatic heterocycles. The van der Waals surface area contributed by atoms with Crippen LogP contribution < -0.4 is 10.6 Å². The number of hydrogen-bond donors (Lipinski definition) is 3. The lowest BCUT2D eigenvalue weighted by Gasteiger charge is -2.08. The molecular formula is C24H23N5O2S2. The lowest BCUT2D eigenvalue weighted by Crippen LogP contribution is -2.27. The maximum atomic E-state index is 12.7. The largest absolute Gasteiger partial charge is 0.392 e. The zero-order valence-electron chi connectivity index (χ0n) is 17.8. The van der Waals surface area contributed by atoms with Gasteiger partial charge in [-0.1, -0.05) is 41.3 Å². The molecule has 0 aromatic carbocycles. The number of aliphatic hydroxyl groups excluding tert-OH is 1. The molecule has 3 heterocycles. The highest BCUT2D eigenvalue weighted by Crippen LogP contribution is 2.39. The summed E-state index contributed by atoms with van der Waals surface area (Å²) in [6.07, 6.45) is 15.0. The molecule has 1 fully saturated rings. The van der Waals surface area contributed by atoms with Crippen molar-refractivity contribution in [1.82, 2.24) is 20.3 Å². The summed E-state index contributed by atoms with van der Waals surface area (Å²) in [5, 5.41) is 16.3. The van der Waals surface area contributed by atoms with Gasteiger partial charge in [0.25, 0.3) is 5.91 Å². The van der Waals surface area contributed by atoms with Crippen LogP contribution in [0.3, 0.4) is 0 Å². The SMILES string of the molecule is O=C(NC1CC1C1=CCCC=C1)c1cc(Sc2cnc(Nc3cc(CO)ccn3)s2)ccn1. The Kier molecular flexibility index (Phi) is 6.52. The van der Waals surface area contributed by atoms with E-state index in [-0.39, 0.29) is 18.6 Å². The van der Waals surface area contributed by atoms with Crippen LogP contribution in [0.25, 0.3) is 0 Å². The number of nitrogens with one attached hydrogen (secondary N) is 2. The number of nitrogens with zero attached hydrogens (tertiary/aromatic N) is 3. The van der Waals surface area contributed by atoms with Crippen LogP contribution in [0.15, 0.2) is 75.8 Å². The van der Waals surface area contributed by atoms with Gasteiger partial charge in [0.05, 0.1) is 17.0 Å². The van der Waals surface area contributed by atoms with Gasteiger partial charge < -0.3 is 15.7 Å². The lowest BCUT2D eigenvalue weighted by molar-refractivity contribution is 0.0944. The highest BCUT2D eigenvalue weighted by Gasteiger charge is 2.40. The van der Waals surface area contributed by atoms with E-state index >= 15 is 0 Å². The summed E-state index contributed by atoms with van der Waals surface area (Å²) in [4.78, 5) is 26.6. The first kappa shape index (κ1) is 21.8. The zero-order valence-corrected chi connectivity index (χ0v) is 19.4. The molecule has 0 radical (unpaired) electrons. The molecule has 7 nitrogen and oxygen atoms in total. The molecule has 1 amide bonds. The quantitative estimate of drug-likeness (QED) is 0.432. The van der Waals surface area contributed by atoms with Crippen molar-refractivity contribution in [3.63, 3.8) is 0 Å². The molecular weight excluding hydrogens is 454 g/mol. The summed E-state index contributed by atoms with van der Waals surface area (Å²) in [5.74, 6) is 0.929. The summed E-state index contributed by atoms with van der Waals surface area (Å²) in [6.45, 7) is -0.0373. The van der Waals surface area contributed by atoms with E-state index in [0.29, 0.717) is 22.6 Å². The van der Waals surface area contributed by atoms with E-state index in [2.05, 4.69) is 43.8 Å². The third-order valence-electron chi connectivity index (χ3n) is 5.47. The van der Waals surface area contributed by atoms with Crippen molar-refractivity contribution in [3.8, 4) is 0 Å². The fourth-order valence-electron chi connectivity index (χ4n) is 3.70. The van der Waals surface area contributed by atoms with E-state index in [1.54, 1.807) is 30.7 Å². The van der Waals surface area contributed by atoms with Crippen molar-refractivity contribution in [3.05, 3.63) is 77.9 Å². The van der Waals surface area contributed by atoms with E-state index in [1.165, 1.54) is 28.7 Å². The normalized spacial score (nSPS) is 19.1. The summed E-state index contributed by atoms with van der Waals surface area (Å²) in [6, 6.07) is 7.44. The van der Waals surface area contributed by atoms with Gasteiger partial charge in [-0.2, -0.15) is 0 Å². The zero-order chi connectivity index (χ0) is 22.6. The standard InChI is InChI=1S/C24H23N5O2S2/c30-14-15-6-8-26-21(10-15)29-24-27-13-22(33-24)32-17-7-9-25-20(11-17)23(31)28-19-12-18(19)16-4-2-1-3-5-16/h2,4-11,13,18-19,30H,1,3,12,14H2,(H,28,31)(H,26,27,29). The number of carbonyl (C=O) groups is 1. The van der Waals surface area contributed by atoms with Crippen molar-refractivity contribution in [2.75, 3.05) is 5.32 Å². The second-order valence-corrected chi connectivity index (χ2v) is 10.3. The topological polar surface area (TPSA) is 100 Å². The summed E-state index contributed by atoms with van der Waals surface area (Å²) in [5.41, 5.74) is 2.55. The van der Waals surface area contributed by atoms with Crippen LogP contribution in [0.5, 0.6) is 0 Å². The first-order chi connectivity index (χ1) is 16.2. The Morgan fingerprint density at radius 3 is 2.94 bits per heavy atom. The predicted octanol–water partition coefficient (Wildman–Crippen LogP) is 4.71. The van der Waals surface area contributed by atoms with E-state index in [9.17, 15) is 9.90 Å². The number of anilines is 2. The van der Waals surface area contributed by atoms with Crippen LogP contribution in [0, 0.1) is 5.92 Å². The Balaban J connectivity index is 1.19. The fourth-order valence-corrected chi connectivity index (χ4v) is 5.59. The third-order valence-corrected chi connectivity index (χ3v) is 7.47. The molecule has 0 bridgehead atoms. The molecule has 0 saturated heterocycles. The Labute approximate surface area is 200 Å². The van der Waals surface area contributed by atoms with Crippen molar-refractivity contribution in [2.45, 2.75) is 41.0 Å². The first-order valence-corrected chi connectivity index (χ1v) is 12.4. The first-order valence-electron chi connectivity index (χ1n) is 10.8. The summed E-state index contributed by atoms with van der Waals surface area (Å²) >= 11 is 3.02. The molecule has 1 saturated carbocycles. The molecule has 2 aliphatic rings. The maximum Gasteiger partial charge on any atom is 0.270 e. The number of carbonyl (C=O) groups excluding carboxylic acids is 1. The van der Waals surface area contributed by atoms with Crippen molar-refractivity contribution >= 4 is 40.0 Å². The fraction of sp³-hybridized carbons (Fsp3) is 0.250. The summed E-state index contributed by atoms with van der Waals surface area (Å²) in [7, 11) is 0. The van der Waals surface area contributed by atoms with Gasteiger partial charge in [-0.15, -0.1) is 0 Å². The molecule has 9 heteroatoms. The van der Waals surface area contributed by atoms with Crippen molar-refractivity contribution in [2.24, 2.45) is 5.92 Å². The van der Waals surface area contributed by atoms with Gasteiger partial charge in [0, 0.05) is 29.2 Å². The van der Waals surface area contributed by atoms with Crippen LogP contribution >= 0.6 is 23.1 Å². The molecule has 2 aliphatic carbocycles.